The zero-order chi connectivity index (χ0) is 18.8. The van der Waals surface area contributed by atoms with Gasteiger partial charge in [-0.25, -0.2) is 4.63 Å². The first-order chi connectivity index (χ1) is 13.1. The first kappa shape index (κ1) is 18.4. The minimum Gasteiger partial charge on any atom is -0.342 e. The van der Waals surface area contributed by atoms with Crippen molar-refractivity contribution in [3.8, 4) is 0 Å². The fraction of sp³-hybridized carbons (Fsp3) is 0.789. The fourth-order valence-corrected chi connectivity index (χ4v) is 4.74. The maximum atomic E-state index is 12.8. The molecular formula is C19H29N5O3. The van der Waals surface area contributed by atoms with Crippen molar-refractivity contribution in [3.63, 3.8) is 0 Å². The summed E-state index contributed by atoms with van der Waals surface area (Å²) in [6.45, 7) is 6.99. The Bertz CT molecular complexity index is 677. The SMILES string of the molecule is Cc1nonc1C(=O)N1CCC(N2CCC[C@@H](C(=O)N3CCCC3)C2)CC1. The van der Waals surface area contributed by atoms with E-state index in [4.69, 9.17) is 0 Å². The fourth-order valence-electron chi connectivity index (χ4n) is 4.74. The van der Waals surface area contributed by atoms with Crippen LogP contribution < -0.4 is 0 Å². The average molecular weight is 375 g/mol. The molecule has 0 bridgehead atoms. The third kappa shape index (κ3) is 3.85. The summed E-state index contributed by atoms with van der Waals surface area (Å²) in [5.41, 5.74) is 0.865. The molecule has 4 heterocycles. The Morgan fingerprint density at radius 1 is 0.926 bits per heavy atom. The van der Waals surface area contributed by atoms with E-state index in [9.17, 15) is 9.59 Å². The summed E-state index contributed by atoms with van der Waals surface area (Å²) in [4.78, 5) is 31.7. The molecule has 1 aromatic heterocycles. The number of aromatic nitrogens is 2. The molecule has 0 unspecified atom stereocenters. The van der Waals surface area contributed by atoms with E-state index in [0.717, 1.165) is 77.8 Å². The summed E-state index contributed by atoms with van der Waals surface area (Å²) >= 11 is 0. The number of likely N-dealkylation sites (tertiary alicyclic amines) is 3. The molecule has 0 saturated carbocycles. The van der Waals surface area contributed by atoms with Gasteiger partial charge < -0.3 is 9.80 Å². The zero-order valence-corrected chi connectivity index (χ0v) is 16.1. The minimum atomic E-state index is -0.0899. The molecule has 0 N–H and O–H groups in total. The number of aryl methyl sites for hydroxylation is 1. The maximum absolute atomic E-state index is 12.8. The second kappa shape index (κ2) is 7.96. The molecule has 148 valence electrons. The molecule has 1 atom stereocenters. The molecule has 3 aliphatic rings. The van der Waals surface area contributed by atoms with Gasteiger partial charge in [0.2, 0.25) is 5.91 Å². The lowest BCUT2D eigenvalue weighted by atomic mass is 9.93. The summed E-state index contributed by atoms with van der Waals surface area (Å²) in [5, 5.41) is 7.44. The topological polar surface area (TPSA) is 82.8 Å². The third-order valence-electron chi connectivity index (χ3n) is 6.34. The van der Waals surface area contributed by atoms with Gasteiger partial charge in [-0.3, -0.25) is 14.5 Å². The predicted molar refractivity (Wildman–Crippen MR) is 98.1 cm³/mol. The third-order valence-corrected chi connectivity index (χ3v) is 6.34. The zero-order valence-electron chi connectivity index (χ0n) is 16.1. The van der Waals surface area contributed by atoms with Crippen molar-refractivity contribution in [2.45, 2.75) is 51.5 Å². The van der Waals surface area contributed by atoms with Gasteiger partial charge >= 0.3 is 0 Å². The lowest BCUT2D eigenvalue weighted by Gasteiger charge is -2.42. The van der Waals surface area contributed by atoms with Gasteiger partial charge in [0.1, 0.15) is 5.69 Å². The van der Waals surface area contributed by atoms with Gasteiger partial charge in [-0.05, 0) is 57.2 Å². The number of piperidine rings is 2. The van der Waals surface area contributed by atoms with Crippen LogP contribution in [0.3, 0.4) is 0 Å². The molecule has 8 nitrogen and oxygen atoms in total. The van der Waals surface area contributed by atoms with Crippen molar-refractivity contribution in [2.75, 3.05) is 39.3 Å². The van der Waals surface area contributed by atoms with Crippen LogP contribution in [0.2, 0.25) is 0 Å². The normalized spacial score (nSPS) is 25.1. The monoisotopic (exact) mass is 375 g/mol. The standard InChI is InChI=1S/C19H29N5O3/c1-14-17(21-27-20-14)19(26)23-11-6-16(7-12-23)24-10-4-5-15(13-24)18(25)22-8-2-3-9-22/h15-16H,2-13H2,1H3/t15-/m1/s1. The molecule has 3 fully saturated rings. The van der Waals surface area contributed by atoms with Crippen LogP contribution in [0.1, 0.15) is 54.7 Å². The van der Waals surface area contributed by atoms with Crippen LogP contribution in [0.25, 0.3) is 0 Å². The first-order valence-electron chi connectivity index (χ1n) is 10.2. The predicted octanol–water partition coefficient (Wildman–Crippen LogP) is 1.32. The Kier molecular flexibility index (Phi) is 5.43. The second-order valence-corrected chi connectivity index (χ2v) is 8.09. The Hall–Kier alpha value is -1.96. The Morgan fingerprint density at radius 3 is 2.33 bits per heavy atom. The van der Waals surface area contributed by atoms with Crippen molar-refractivity contribution >= 4 is 11.8 Å². The average Bonchev–Trinajstić information content (AvgIpc) is 3.39. The van der Waals surface area contributed by atoms with Gasteiger partial charge in [0, 0.05) is 38.8 Å². The van der Waals surface area contributed by atoms with E-state index < -0.39 is 0 Å². The maximum Gasteiger partial charge on any atom is 0.278 e. The van der Waals surface area contributed by atoms with Crippen molar-refractivity contribution in [1.82, 2.24) is 25.0 Å². The molecule has 4 rings (SSSR count). The number of hydrogen-bond acceptors (Lipinski definition) is 6. The summed E-state index contributed by atoms with van der Waals surface area (Å²) in [5.74, 6) is 0.423. The Labute approximate surface area is 159 Å². The van der Waals surface area contributed by atoms with Crippen LogP contribution in [-0.4, -0.2) is 82.1 Å². The lowest BCUT2D eigenvalue weighted by Crippen LogP contribution is -2.51. The van der Waals surface area contributed by atoms with Gasteiger partial charge in [-0.1, -0.05) is 5.16 Å². The molecule has 8 heteroatoms. The van der Waals surface area contributed by atoms with Gasteiger partial charge in [-0.15, -0.1) is 0 Å². The van der Waals surface area contributed by atoms with E-state index in [-0.39, 0.29) is 11.8 Å². The molecule has 0 spiro atoms. The summed E-state index contributed by atoms with van der Waals surface area (Å²) in [7, 11) is 0. The number of hydrogen-bond donors (Lipinski definition) is 0. The largest absolute Gasteiger partial charge is 0.342 e. The Morgan fingerprint density at radius 2 is 1.67 bits per heavy atom. The summed E-state index contributed by atoms with van der Waals surface area (Å²) in [6, 6.07) is 0.458. The first-order valence-corrected chi connectivity index (χ1v) is 10.2. The molecule has 1 aromatic rings. The number of amides is 2. The van der Waals surface area contributed by atoms with Crippen molar-refractivity contribution in [3.05, 3.63) is 11.4 Å². The molecule has 2 amide bonds. The number of nitrogens with zero attached hydrogens (tertiary/aromatic N) is 5. The lowest BCUT2D eigenvalue weighted by molar-refractivity contribution is -0.136. The van der Waals surface area contributed by atoms with Crippen LogP contribution in [0.4, 0.5) is 0 Å². The van der Waals surface area contributed by atoms with E-state index in [0.29, 0.717) is 23.3 Å². The van der Waals surface area contributed by atoms with Crippen molar-refractivity contribution in [2.24, 2.45) is 5.92 Å². The quantitative estimate of drug-likeness (QED) is 0.792. The van der Waals surface area contributed by atoms with E-state index in [1.807, 2.05) is 4.90 Å². The van der Waals surface area contributed by atoms with Crippen LogP contribution in [-0.2, 0) is 4.79 Å². The van der Waals surface area contributed by atoms with Crippen LogP contribution in [0, 0.1) is 12.8 Å². The molecular weight excluding hydrogens is 346 g/mol. The van der Waals surface area contributed by atoms with E-state index in [1.165, 1.54) is 0 Å². The molecule has 0 radical (unpaired) electrons. The smallest absolute Gasteiger partial charge is 0.278 e. The van der Waals surface area contributed by atoms with Crippen molar-refractivity contribution in [1.29, 1.82) is 0 Å². The summed E-state index contributed by atoms with van der Waals surface area (Å²) in [6.07, 6.45) is 6.29. The highest BCUT2D eigenvalue weighted by Gasteiger charge is 2.35. The van der Waals surface area contributed by atoms with Gasteiger partial charge in [0.15, 0.2) is 5.69 Å². The van der Waals surface area contributed by atoms with Gasteiger partial charge in [-0.2, -0.15) is 0 Å². The highest BCUT2D eigenvalue weighted by atomic mass is 16.6. The van der Waals surface area contributed by atoms with E-state index in [1.54, 1.807) is 6.92 Å². The van der Waals surface area contributed by atoms with E-state index in [2.05, 4.69) is 24.7 Å². The van der Waals surface area contributed by atoms with Crippen LogP contribution in [0.15, 0.2) is 4.63 Å². The molecule has 0 aliphatic carbocycles. The number of carbonyl (C=O) groups excluding carboxylic acids is 2. The van der Waals surface area contributed by atoms with Gasteiger partial charge in [0.25, 0.3) is 5.91 Å². The molecule has 27 heavy (non-hydrogen) atoms. The van der Waals surface area contributed by atoms with E-state index >= 15 is 0 Å². The molecule has 0 aromatic carbocycles. The number of carbonyl (C=O) groups is 2. The minimum absolute atomic E-state index is 0.0899. The Balaban J connectivity index is 1.30. The van der Waals surface area contributed by atoms with Crippen molar-refractivity contribution < 1.29 is 14.2 Å². The van der Waals surface area contributed by atoms with Crippen LogP contribution >= 0.6 is 0 Å². The van der Waals surface area contributed by atoms with Gasteiger partial charge in [0.05, 0.1) is 5.92 Å². The second-order valence-electron chi connectivity index (χ2n) is 8.09. The number of rotatable bonds is 3. The summed E-state index contributed by atoms with van der Waals surface area (Å²) < 4.78 is 4.66. The molecule has 3 aliphatic heterocycles. The van der Waals surface area contributed by atoms with Crippen LogP contribution in [0.5, 0.6) is 0 Å². The molecule has 3 saturated heterocycles. The highest BCUT2D eigenvalue weighted by Crippen LogP contribution is 2.26. The highest BCUT2D eigenvalue weighted by molar-refractivity contribution is 5.93.